The number of carbonyl (C=O) groups excluding carboxylic acids is 1. The maximum atomic E-state index is 13.4. The highest BCUT2D eigenvalue weighted by molar-refractivity contribution is 7.23. The van der Waals surface area contributed by atoms with E-state index in [-0.39, 0.29) is 12.5 Å². The summed E-state index contributed by atoms with van der Waals surface area (Å²) in [6, 6.07) is 8.88. The summed E-state index contributed by atoms with van der Waals surface area (Å²) in [5.74, 6) is 0.947. The molecular formula is C20H15Cl2N3O3S2. The van der Waals surface area contributed by atoms with Gasteiger partial charge in [0.05, 0.1) is 30.7 Å². The second kappa shape index (κ2) is 8.77. The summed E-state index contributed by atoms with van der Waals surface area (Å²) in [5, 5.41) is 0.486. The van der Waals surface area contributed by atoms with Crippen LogP contribution in [0.1, 0.15) is 15.9 Å². The van der Waals surface area contributed by atoms with E-state index in [9.17, 15) is 4.79 Å². The Kier molecular flexibility index (Phi) is 6.10. The molecule has 0 aliphatic heterocycles. The first-order chi connectivity index (χ1) is 14.5. The molecule has 0 N–H and O–H groups in total. The molecule has 0 aliphatic carbocycles. The molecule has 3 aromatic heterocycles. The smallest absolute Gasteiger partial charge is 0.262 e. The lowest BCUT2D eigenvalue weighted by molar-refractivity contribution is 0.0985. The van der Waals surface area contributed by atoms with Crippen molar-refractivity contribution in [3.8, 4) is 11.5 Å². The number of amides is 1. The van der Waals surface area contributed by atoms with Crippen LogP contribution in [0.3, 0.4) is 0 Å². The molecule has 1 aromatic carbocycles. The van der Waals surface area contributed by atoms with E-state index < -0.39 is 0 Å². The van der Waals surface area contributed by atoms with Crippen LogP contribution in [0.5, 0.6) is 11.5 Å². The van der Waals surface area contributed by atoms with Gasteiger partial charge in [0.25, 0.3) is 5.91 Å². The maximum Gasteiger partial charge on any atom is 0.262 e. The Morgan fingerprint density at radius 1 is 1.13 bits per heavy atom. The zero-order valence-electron chi connectivity index (χ0n) is 15.9. The number of thiazole rings is 1. The second-order valence-electron chi connectivity index (χ2n) is 6.13. The lowest BCUT2D eigenvalue weighted by Crippen LogP contribution is -2.30. The van der Waals surface area contributed by atoms with Crippen LogP contribution >= 0.6 is 45.9 Å². The molecular weight excluding hydrogens is 465 g/mol. The number of thiophene rings is 1. The van der Waals surface area contributed by atoms with Gasteiger partial charge in [-0.25, -0.2) is 4.98 Å². The molecule has 4 aromatic rings. The van der Waals surface area contributed by atoms with Crippen LogP contribution in [-0.4, -0.2) is 30.1 Å². The Bertz CT molecular complexity index is 1170. The molecule has 0 radical (unpaired) electrons. The van der Waals surface area contributed by atoms with E-state index in [1.807, 2.05) is 18.2 Å². The SMILES string of the molecule is COc1ccc(OC)c2sc(N(Cc3cccnc3)C(=O)c3cc(Cl)sc3Cl)nc12. The van der Waals surface area contributed by atoms with Gasteiger partial charge in [-0.3, -0.25) is 14.7 Å². The first-order valence-electron chi connectivity index (χ1n) is 8.69. The van der Waals surface area contributed by atoms with Gasteiger partial charge in [0, 0.05) is 12.4 Å². The van der Waals surface area contributed by atoms with Crippen LogP contribution in [0, 0.1) is 0 Å². The first-order valence-corrected chi connectivity index (χ1v) is 11.1. The molecule has 30 heavy (non-hydrogen) atoms. The number of methoxy groups -OCH3 is 2. The van der Waals surface area contributed by atoms with Crippen molar-refractivity contribution < 1.29 is 14.3 Å². The predicted octanol–water partition coefficient (Wildman–Crippen LogP) is 5.92. The third-order valence-corrected chi connectivity index (χ3v) is 6.91. The van der Waals surface area contributed by atoms with E-state index in [2.05, 4.69) is 4.98 Å². The molecule has 0 saturated heterocycles. The highest BCUT2D eigenvalue weighted by Gasteiger charge is 2.26. The van der Waals surface area contributed by atoms with Crippen LogP contribution in [0.4, 0.5) is 5.13 Å². The van der Waals surface area contributed by atoms with Crippen LogP contribution in [0.25, 0.3) is 10.2 Å². The average Bonchev–Trinajstić information content (AvgIpc) is 3.34. The Labute approximate surface area is 190 Å². The fourth-order valence-corrected chi connectivity index (χ4v) is 5.44. The standard InChI is InChI=1S/C20H15Cl2N3O3S2/c1-27-13-5-6-14(28-2)17-16(13)24-20(30-17)25(10-11-4-3-7-23-9-11)19(26)12-8-15(21)29-18(12)22/h3-9H,10H2,1-2H3. The van der Waals surface area contributed by atoms with Crippen molar-refractivity contribution in [2.75, 3.05) is 19.1 Å². The number of aromatic nitrogens is 2. The number of hydrogen-bond donors (Lipinski definition) is 0. The lowest BCUT2D eigenvalue weighted by atomic mass is 10.2. The van der Waals surface area contributed by atoms with Crippen molar-refractivity contribution in [1.82, 2.24) is 9.97 Å². The number of fused-ring (bicyclic) bond motifs is 1. The Morgan fingerprint density at radius 3 is 2.53 bits per heavy atom. The van der Waals surface area contributed by atoms with Gasteiger partial charge in [-0.1, -0.05) is 40.6 Å². The van der Waals surface area contributed by atoms with E-state index in [4.69, 9.17) is 37.7 Å². The van der Waals surface area contributed by atoms with Gasteiger partial charge in [-0.05, 0) is 29.8 Å². The first kappa shape index (κ1) is 20.9. The van der Waals surface area contributed by atoms with E-state index in [0.29, 0.717) is 36.4 Å². The Hall–Kier alpha value is -2.39. The summed E-state index contributed by atoms with van der Waals surface area (Å²) in [7, 11) is 3.16. The minimum atomic E-state index is -0.302. The molecule has 3 heterocycles. The molecule has 1 amide bonds. The van der Waals surface area contributed by atoms with Crippen molar-refractivity contribution >= 4 is 67.1 Å². The maximum absolute atomic E-state index is 13.4. The summed E-state index contributed by atoms with van der Waals surface area (Å²) in [4.78, 5) is 23.8. The number of nitrogens with zero attached hydrogens (tertiary/aromatic N) is 3. The van der Waals surface area contributed by atoms with Gasteiger partial charge in [-0.15, -0.1) is 11.3 Å². The average molecular weight is 480 g/mol. The van der Waals surface area contributed by atoms with Gasteiger partial charge < -0.3 is 9.47 Å². The van der Waals surface area contributed by atoms with E-state index >= 15 is 0 Å². The largest absolute Gasteiger partial charge is 0.495 e. The normalized spacial score (nSPS) is 10.9. The zero-order valence-corrected chi connectivity index (χ0v) is 19.0. The van der Waals surface area contributed by atoms with Gasteiger partial charge in [0.15, 0.2) is 5.13 Å². The Morgan fingerprint density at radius 2 is 1.90 bits per heavy atom. The van der Waals surface area contributed by atoms with Crippen LogP contribution in [-0.2, 0) is 6.54 Å². The molecule has 10 heteroatoms. The van der Waals surface area contributed by atoms with E-state index in [1.165, 1.54) is 11.3 Å². The topological polar surface area (TPSA) is 64.6 Å². The zero-order chi connectivity index (χ0) is 21.3. The minimum Gasteiger partial charge on any atom is -0.495 e. The lowest BCUT2D eigenvalue weighted by Gasteiger charge is -2.19. The monoisotopic (exact) mass is 479 g/mol. The molecule has 0 aliphatic rings. The molecule has 4 rings (SSSR count). The van der Waals surface area contributed by atoms with Gasteiger partial charge in [0.2, 0.25) is 0 Å². The number of halogens is 2. The number of benzene rings is 1. The summed E-state index contributed by atoms with van der Waals surface area (Å²) in [6.07, 6.45) is 3.38. The van der Waals surface area contributed by atoms with E-state index in [0.717, 1.165) is 21.6 Å². The molecule has 6 nitrogen and oxygen atoms in total. The van der Waals surface area contributed by atoms with Crippen molar-refractivity contribution in [2.24, 2.45) is 0 Å². The van der Waals surface area contributed by atoms with Crippen LogP contribution < -0.4 is 14.4 Å². The number of pyridine rings is 1. The highest BCUT2D eigenvalue weighted by Crippen LogP contribution is 2.41. The minimum absolute atomic E-state index is 0.265. The van der Waals surface area contributed by atoms with Crippen molar-refractivity contribution in [3.05, 3.63) is 62.5 Å². The summed E-state index contributed by atoms with van der Waals surface area (Å²) in [6.45, 7) is 0.265. The van der Waals surface area contributed by atoms with Crippen LogP contribution in [0.2, 0.25) is 8.67 Å². The fourth-order valence-electron chi connectivity index (χ4n) is 2.92. The quantitative estimate of drug-likeness (QED) is 0.343. The van der Waals surface area contributed by atoms with Gasteiger partial charge in [-0.2, -0.15) is 0 Å². The molecule has 0 fully saturated rings. The fraction of sp³-hybridized carbons (Fsp3) is 0.150. The van der Waals surface area contributed by atoms with Crippen LogP contribution in [0.15, 0.2) is 42.7 Å². The van der Waals surface area contributed by atoms with Gasteiger partial charge >= 0.3 is 0 Å². The van der Waals surface area contributed by atoms with Crippen molar-refractivity contribution in [2.45, 2.75) is 6.54 Å². The van der Waals surface area contributed by atoms with Gasteiger partial charge in [0.1, 0.15) is 26.1 Å². The van der Waals surface area contributed by atoms with Crippen molar-refractivity contribution in [3.63, 3.8) is 0 Å². The molecule has 154 valence electrons. The number of hydrogen-bond acceptors (Lipinski definition) is 7. The molecule has 0 spiro atoms. The molecule has 0 atom stereocenters. The molecule has 0 bridgehead atoms. The second-order valence-corrected chi connectivity index (χ2v) is 9.40. The number of ether oxygens (including phenoxy) is 2. The number of rotatable bonds is 6. The molecule has 0 unspecified atom stereocenters. The summed E-state index contributed by atoms with van der Waals surface area (Å²) in [5.41, 5.74) is 1.80. The summed E-state index contributed by atoms with van der Waals surface area (Å²) < 4.78 is 12.5. The third kappa shape index (κ3) is 3.96. The molecule has 0 saturated carbocycles. The Balaban J connectivity index is 1.85. The third-order valence-electron chi connectivity index (χ3n) is 4.33. The predicted molar refractivity (Wildman–Crippen MR) is 122 cm³/mol. The van der Waals surface area contributed by atoms with E-state index in [1.54, 1.807) is 43.6 Å². The summed E-state index contributed by atoms with van der Waals surface area (Å²) >= 11 is 14.8. The number of carbonyl (C=O) groups is 1. The highest BCUT2D eigenvalue weighted by atomic mass is 35.5. The van der Waals surface area contributed by atoms with Crippen molar-refractivity contribution in [1.29, 1.82) is 0 Å². The number of anilines is 1.